The molecule has 3 nitrogen and oxygen atoms in total. The zero-order valence-corrected chi connectivity index (χ0v) is 13.7. The maximum atomic E-state index is 5.91. The van der Waals surface area contributed by atoms with Crippen LogP contribution in [0.15, 0.2) is 22.7 Å². The summed E-state index contributed by atoms with van der Waals surface area (Å²) in [6.45, 7) is 10.2. The molecule has 0 heterocycles. The molecule has 1 aromatic rings. The van der Waals surface area contributed by atoms with E-state index in [0.29, 0.717) is 0 Å². The Balaban J connectivity index is 2.61. The minimum Gasteiger partial charge on any atom is -0.492 e. The summed E-state index contributed by atoms with van der Waals surface area (Å²) >= 11 is 3.50. The van der Waals surface area contributed by atoms with Gasteiger partial charge in [0.25, 0.3) is 0 Å². The van der Waals surface area contributed by atoms with Gasteiger partial charge in [-0.2, -0.15) is 0 Å². The van der Waals surface area contributed by atoms with E-state index >= 15 is 0 Å². The lowest BCUT2D eigenvalue weighted by Gasteiger charge is -2.19. The van der Waals surface area contributed by atoms with Gasteiger partial charge in [-0.3, -0.25) is 0 Å². The average molecular weight is 329 g/mol. The van der Waals surface area contributed by atoms with Crippen molar-refractivity contribution in [3.8, 4) is 5.75 Å². The second kappa shape index (κ2) is 8.56. The SMILES string of the molecule is CCN(CC)CCOc1ccc(Br)cc1CC(C)N. The van der Waals surface area contributed by atoms with E-state index in [4.69, 9.17) is 10.5 Å². The van der Waals surface area contributed by atoms with E-state index in [9.17, 15) is 0 Å². The Morgan fingerprint density at radius 1 is 1.32 bits per heavy atom. The number of benzene rings is 1. The number of hydrogen-bond acceptors (Lipinski definition) is 3. The van der Waals surface area contributed by atoms with Gasteiger partial charge < -0.3 is 15.4 Å². The van der Waals surface area contributed by atoms with Gasteiger partial charge >= 0.3 is 0 Å². The monoisotopic (exact) mass is 328 g/mol. The molecule has 1 unspecified atom stereocenters. The molecule has 0 bridgehead atoms. The van der Waals surface area contributed by atoms with Crippen molar-refractivity contribution in [2.45, 2.75) is 33.2 Å². The Bertz CT molecular complexity index is 378. The Labute approximate surface area is 125 Å². The molecule has 108 valence electrons. The van der Waals surface area contributed by atoms with E-state index < -0.39 is 0 Å². The molecule has 0 aliphatic carbocycles. The van der Waals surface area contributed by atoms with Crippen molar-refractivity contribution in [3.05, 3.63) is 28.2 Å². The largest absolute Gasteiger partial charge is 0.492 e. The lowest BCUT2D eigenvalue weighted by molar-refractivity contribution is 0.221. The number of nitrogens with zero attached hydrogens (tertiary/aromatic N) is 1. The second-order valence-electron chi connectivity index (χ2n) is 4.81. The maximum Gasteiger partial charge on any atom is 0.122 e. The molecule has 0 aliphatic rings. The first-order valence-electron chi connectivity index (χ1n) is 6.96. The summed E-state index contributed by atoms with van der Waals surface area (Å²) in [5.74, 6) is 0.952. The van der Waals surface area contributed by atoms with E-state index in [1.165, 1.54) is 5.56 Å². The van der Waals surface area contributed by atoms with Crippen molar-refractivity contribution < 1.29 is 4.74 Å². The number of likely N-dealkylation sites (N-methyl/N-ethyl adjacent to an activating group) is 1. The van der Waals surface area contributed by atoms with Crippen LogP contribution in [0.5, 0.6) is 5.75 Å². The molecule has 19 heavy (non-hydrogen) atoms. The minimum atomic E-state index is 0.138. The fourth-order valence-corrected chi connectivity index (χ4v) is 2.43. The molecule has 0 amide bonds. The highest BCUT2D eigenvalue weighted by molar-refractivity contribution is 9.10. The molecule has 4 heteroatoms. The molecule has 0 fully saturated rings. The van der Waals surface area contributed by atoms with Gasteiger partial charge in [0.2, 0.25) is 0 Å². The average Bonchev–Trinajstić information content (AvgIpc) is 2.36. The molecule has 0 saturated carbocycles. The van der Waals surface area contributed by atoms with Gasteiger partial charge in [0.15, 0.2) is 0 Å². The van der Waals surface area contributed by atoms with Crippen LogP contribution in [0.3, 0.4) is 0 Å². The van der Waals surface area contributed by atoms with Gasteiger partial charge in [0.05, 0.1) is 0 Å². The van der Waals surface area contributed by atoms with Crippen LogP contribution in [0.4, 0.5) is 0 Å². The molecular weight excluding hydrogens is 304 g/mol. The first-order chi connectivity index (χ1) is 9.06. The van der Waals surface area contributed by atoms with Crippen LogP contribution in [-0.4, -0.2) is 37.2 Å². The van der Waals surface area contributed by atoms with Crippen LogP contribution in [0.1, 0.15) is 26.3 Å². The summed E-state index contributed by atoms with van der Waals surface area (Å²) in [4.78, 5) is 2.35. The Kier molecular flexibility index (Phi) is 7.42. The molecule has 0 radical (unpaired) electrons. The van der Waals surface area contributed by atoms with Crippen molar-refractivity contribution in [3.63, 3.8) is 0 Å². The highest BCUT2D eigenvalue weighted by Gasteiger charge is 2.08. The van der Waals surface area contributed by atoms with E-state index in [1.807, 2.05) is 19.1 Å². The van der Waals surface area contributed by atoms with Gasteiger partial charge in [0.1, 0.15) is 12.4 Å². The Hall–Kier alpha value is -0.580. The Morgan fingerprint density at radius 2 is 2.00 bits per heavy atom. The lowest BCUT2D eigenvalue weighted by atomic mass is 10.1. The van der Waals surface area contributed by atoms with Crippen LogP contribution in [0, 0.1) is 0 Å². The van der Waals surface area contributed by atoms with Gasteiger partial charge in [-0.05, 0) is 50.2 Å². The van der Waals surface area contributed by atoms with Crippen LogP contribution < -0.4 is 10.5 Å². The number of halogens is 1. The maximum absolute atomic E-state index is 5.91. The summed E-state index contributed by atoms with van der Waals surface area (Å²) in [5, 5.41) is 0. The molecule has 1 atom stereocenters. The molecule has 0 aliphatic heterocycles. The number of rotatable bonds is 8. The Morgan fingerprint density at radius 3 is 2.58 bits per heavy atom. The topological polar surface area (TPSA) is 38.5 Å². The number of nitrogens with two attached hydrogens (primary N) is 1. The number of hydrogen-bond donors (Lipinski definition) is 1. The highest BCUT2D eigenvalue weighted by Crippen LogP contribution is 2.24. The summed E-state index contributed by atoms with van der Waals surface area (Å²) in [7, 11) is 0. The summed E-state index contributed by atoms with van der Waals surface area (Å²) < 4.78 is 6.98. The minimum absolute atomic E-state index is 0.138. The summed E-state index contributed by atoms with van der Waals surface area (Å²) in [6.07, 6.45) is 0.833. The van der Waals surface area contributed by atoms with Crippen molar-refractivity contribution in [2.24, 2.45) is 5.73 Å². The normalized spacial score (nSPS) is 12.7. The van der Waals surface area contributed by atoms with Gasteiger partial charge in [-0.1, -0.05) is 29.8 Å². The molecular formula is C15H25BrN2O. The molecule has 1 rings (SSSR count). The van der Waals surface area contributed by atoms with Crippen molar-refractivity contribution in [1.29, 1.82) is 0 Å². The third kappa shape index (κ3) is 5.93. The molecule has 2 N–H and O–H groups in total. The smallest absolute Gasteiger partial charge is 0.122 e. The quantitative estimate of drug-likeness (QED) is 0.797. The van der Waals surface area contributed by atoms with Crippen LogP contribution in [-0.2, 0) is 6.42 Å². The van der Waals surface area contributed by atoms with E-state index in [2.05, 4.69) is 40.7 Å². The first kappa shape index (κ1) is 16.5. The highest BCUT2D eigenvalue weighted by atomic mass is 79.9. The van der Waals surface area contributed by atoms with Crippen molar-refractivity contribution in [2.75, 3.05) is 26.2 Å². The fourth-order valence-electron chi connectivity index (χ4n) is 2.02. The summed E-state index contributed by atoms with van der Waals surface area (Å²) in [6, 6.07) is 6.26. The molecule has 0 saturated heterocycles. The van der Waals surface area contributed by atoms with Crippen molar-refractivity contribution in [1.82, 2.24) is 4.90 Å². The third-order valence-corrected chi connectivity index (χ3v) is 3.62. The van der Waals surface area contributed by atoms with E-state index in [-0.39, 0.29) is 6.04 Å². The van der Waals surface area contributed by atoms with Crippen molar-refractivity contribution >= 4 is 15.9 Å². The third-order valence-electron chi connectivity index (χ3n) is 3.12. The standard InChI is InChI=1S/C15H25BrN2O/c1-4-18(5-2)8-9-19-15-7-6-14(16)11-13(15)10-12(3)17/h6-7,11-12H,4-5,8-10,17H2,1-3H3. The molecule has 0 spiro atoms. The zero-order chi connectivity index (χ0) is 14.3. The fraction of sp³-hybridized carbons (Fsp3) is 0.600. The zero-order valence-electron chi connectivity index (χ0n) is 12.2. The predicted octanol–water partition coefficient (Wildman–Crippen LogP) is 3.06. The summed E-state index contributed by atoms with van der Waals surface area (Å²) in [5.41, 5.74) is 7.05. The van der Waals surface area contributed by atoms with E-state index in [1.54, 1.807) is 0 Å². The predicted molar refractivity (Wildman–Crippen MR) is 84.8 cm³/mol. The first-order valence-corrected chi connectivity index (χ1v) is 7.75. The molecule has 1 aromatic carbocycles. The van der Waals surface area contributed by atoms with Gasteiger partial charge in [-0.15, -0.1) is 0 Å². The number of ether oxygens (including phenoxy) is 1. The van der Waals surface area contributed by atoms with Crippen LogP contribution in [0.2, 0.25) is 0 Å². The van der Waals surface area contributed by atoms with Crippen LogP contribution >= 0.6 is 15.9 Å². The molecule has 0 aromatic heterocycles. The van der Waals surface area contributed by atoms with Gasteiger partial charge in [0, 0.05) is 17.1 Å². The van der Waals surface area contributed by atoms with E-state index in [0.717, 1.165) is 42.9 Å². The van der Waals surface area contributed by atoms with Crippen LogP contribution in [0.25, 0.3) is 0 Å². The van der Waals surface area contributed by atoms with Gasteiger partial charge in [-0.25, -0.2) is 0 Å². The second-order valence-corrected chi connectivity index (χ2v) is 5.72. The lowest BCUT2D eigenvalue weighted by Crippen LogP contribution is -2.28.